The highest BCUT2D eigenvalue weighted by Gasteiger charge is 2.10. The predicted molar refractivity (Wildman–Crippen MR) is 63.0 cm³/mol. The van der Waals surface area contributed by atoms with Gasteiger partial charge in [0.25, 0.3) is 0 Å². The van der Waals surface area contributed by atoms with E-state index in [-0.39, 0.29) is 6.04 Å². The van der Waals surface area contributed by atoms with Crippen LogP contribution < -0.4 is 5.73 Å². The summed E-state index contributed by atoms with van der Waals surface area (Å²) in [6, 6.07) is 7.75. The maximum Gasteiger partial charge on any atom is 0.120 e. The Kier molecular flexibility index (Phi) is 3.37. The molecule has 2 N–H and O–H groups in total. The van der Waals surface area contributed by atoms with Crippen LogP contribution in [0.15, 0.2) is 41.1 Å². The molecule has 0 aliphatic heterocycles. The molecule has 1 atom stereocenters. The molecule has 0 aliphatic carbocycles. The average Bonchev–Trinajstić information content (AvgIpc) is 2.83. The number of pyridine rings is 1. The van der Waals surface area contributed by atoms with E-state index in [0.717, 1.165) is 17.9 Å². The van der Waals surface area contributed by atoms with Gasteiger partial charge in [0.1, 0.15) is 5.76 Å². The van der Waals surface area contributed by atoms with E-state index in [9.17, 15) is 0 Å². The topological polar surface area (TPSA) is 52.0 Å². The lowest BCUT2D eigenvalue weighted by molar-refractivity contribution is 0.463. The lowest BCUT2D eigenvalue weighted by Gasteiger charge is -2.08. The molecule has 2 heterocycles. The second-order valence-corrected chi connectivity index (χ2v) is 3.84. The van der Waals surface area contributed by atoms with Gasteiger partial charge >= 0.3 is 0 Å². The highest BCUT2D eigenvalue weighted by Crippen LogP contribution is 2.15. The number of hydrogen-bond acceptors (Lipinski definition) is 3. The second-order valence-electron chi connectivity index (χ2n) is 3.84. The van der Waals surface area contributed by atoms with Crippen LogP contribution in [0.5, 0.6) is 0 Å². The molecule has 2 aromatic rings. The van der Waals surface area contributed by atoms with Gasteiger partial charge in [0.05, 0.1) is 12.3 Å². The third-order valence-corrected chi connectivity index (χ3v) is 2.63. The molecule has 0 saturated heterocycles. The molecule has 0 fully saturated rings. The summed E-state index contributed by atoms with van der Waals surface area (Å²) in [5, 5.41) is 0. The Bertz CT molecular complexity index is 420. The van der Waals surface area contributed by atoms with E-state index in [4.69, 9.17) is 10.2 Å². The van der Waals surface area contributed by atoms with Crippen LogP contribution in [0, 0.1) is 0 Å². The molecular formula is C13H16N2O. The molecule has 0 bridgehead atoms. The monoisotopic (exact) mass is 216 g/mol. The lowest BCUT2D eigenvalue weighted by atomic mass is 10.1. The average molecular weight is 216 g/mol. The van der Waals surface area contributed by atoms with Gasteiger partial charge in [-0.3, -0.25) is 4.98 Å². The Morgan fingerprint density at radius 3 is 2.81 bits per heavy atom. The van der Waals surface area contributed by atoms with Crippen LogP contribution in [0.2, 0.25) is 0 Å². The maximum atomic E-state index is 6.01. The van der Waals surface area contributed by atoms with Crippen molar-refractivity contribution in [3.05, 3.63) is 53.7 Å². The third-order valence-electron chi connectivity index (χ3n) is 2.63. The van der Waals surface area contributed by atoms with Gasteiger partial charge in [0, 0.05) is 18.3 Å². The van der Waals surface area contributed by atoms with Crippen molar-refractivity contribution >= 4 is 0 Å². The Hall–Kier alpha value is -1.61. The SMILES string of the molecule is CCc1ccc(CC(N)c2ccco2)nc1. The van der Waals surface area contributed by atoms with Crippen LogP contribution in [-0.2, 0) is 12.8 Å². The smallest absolute Gasteiger partial charge is 0.120 e. The Balaban J connectivity index is 2.03. The second kappa shape index (κ2) is 4.94. The van der Waals surface area contributed by atoms with E-state index in [1.54, 1.807) is 6.26 Å². The van der Waals surface area contributed by atoms with Gasteiger partial charge in [-0.2, -0.15) is 0 Å². The maximum absolute atomic E-state index is 6.01. The Morgan fingerprint density at radius 1 is 1.38 bits per heavy atom. The minimum atomic E-state index is -0.116. The van der Waals surface area contributed by atoms with Crippen molar-refractivity contribution in [2.24, 2.45) is 5.73 Å². The molecule has 3 heteroatoms. The quantitative estimate of drug-likeness (QED) is 0.854. The first-order valence-electron chi connectivity index (χ1n) is 5.52. The van der Waals surface area contributed by atoms with Crippen molar-refractivity contribution in [2.45, 2.75) is 25.8 Å². The fourth-order valence-corrected chi connectivity index (χ4v) is 1.61. The van der Waals surface area contributed by atoms with E-state index in [1.165, 1.54) is 5.56 Å². The Morgan fingerprint density at radius 2 is 2.25 bits per heavy atom. The fraction of sp³-hybridized carbons (Fsp3) is 0.308. The van der Waals surface area contributed by atoms with Crippen LogP contribution in [0.4, 0.5) is 0 Å². The summed E-state index contributed by atoms with van der Waals surface area (Å²) in [6.07, 6.45) is 5.27. The molecule has 0 amide bonds. The van der Waals surface area contributed by atoms with Gasteiger partial charge in [0.15, 0.2) is 0 Å². The number of furan rings is 1. The zero-order valence-electron chi connectivity index (χ0n) is 9.39. The van der Waals surface area contributed by atoms with Crippen molar-refractivity contribution in [3.8, 4) is 0 Å². The fourth-order valence-electron chi connectivity index (χ4n) is 1.61. The van der Waals surface area contributed by atoms with Crippen molar-refractivity contribution in [3.63, 3.8) is 0 Å². The van der Waals surface area contributed by atoms with Crippen molar-refractivity contribution in [1.29, 1.82) is 0 Å². The molecule has 16 heavy (non-hydrogen) atoms. The van der Waals surface area contributed by atoms with Gasteiger partial charge in [-0.25, -0.2) is 0 Å². The number of nitrogens with zero attached hydrogens (tertiary/aromatic N) is 1. The predicted octanol–water partition coefficient (Wildman–Crippen LogP) is 2.48. The molecule has 0 spiro atoms. The van der Waals surface area contributed by atoms with Gasteiger partial charge in [-0.15, -0.1) is 0 Å². The van der Waals surface area contributed by atoms with E-state index >= 15 is 0 Å². The summed E-state index contributed by atoms with van der Waals surface area (Å²) in [4.78, 5) is 4.38. The van der Waals surface area contributed by atoms with Gasteiger partial charge in [-0.1, -0.05) is 13.0 Å². The zero-order chi connectivity index (χ0) is 11.4. The standard InChI is InChI=1S/C13H16N2O/c1-2-10-5-6-11(15-9-10)8-12(14)13-4-3-7-16-13/h3-7,9,12H,2,8,14H2,1H3. The first-order chi connectivity index (χ1) is 7.79. The highest BCUT2D eigenvalue weighted by molar-refractivity contribution is 5.16. The van der Waals surface area contributed by atoms with E-state index in [2.05, 4.69) is 18.0 Å². The van der Waals surface area contributed by atoms with E-state index in [1.807, 2.05) is 24.4 Å². The van der Waals surface area contributed by atoms with Crippen LogP contribution in [-0.4, -0.2) is 4.98 Å². The van der Waals surface area contributed by atoms with Crippen LogP contribution in [0.1, 0.15) is 30.0 Å². The van der Waals surface area contributed by atoms with Gasteiger partial charge < -0.3 is 10.2 Å². The number of nitrogens with two attached hydrogens (primary N) is 1. The molecular weight excluding hydrogens is 200 g/mol. The van der Waals surface area contributed by atoms with E-state index in [0.29, 0.717) is 6.42 Å². The first-order valence-corrected chi connectivity index (χ1v) is 5.52. The summed E-state index contributed by atoms with van der Waals surface area (Å²) in [5.41, 5.74) is 8.25. The number of aromatic nitrogens is 1. The number of aryl methyl sites for hydroxylation is 1. The van der Waals surface area contributed by atoms with Crippen LogP contribution in [0.3, 0.4) is 0 Å². The number of rotatable bonds is 4. The summed E-state index contributed by atoms with van der Waals surface area (Å²) in [6.45, 7) is 2.12. The summed E-state index contributed by atoms with van der Waals surface area (Å²) >= 11 is 0. The van der Waals surface area contributed by atoms with Crippen LogP contribution >= 0.6 is 0 Å². The molecule has 3 nitrogen and oxygen atoms in total. The van der Waals surface area contributed by atoms with Crippen molar-refractivity contribution in [2.75, 3.05) is 0 Å². The molecule has 0 aliphatic rings. The minimum Gasteiger partial charge on any atom is -0.468 e. The highest BCUT2D eigenvalue weighted by atomic mass is 16.3. The first kappa shape index (κ1) is 10.9. The molecule has 1 unspecified atom stereocenters. The minimum absolute atomic E-state index is 0.116. The molecule has 2 rings (SSSR count). The van der Waals surface area contributed by atoms with Crippen molar-refractivity contribution < 1.29 is 4.42 Å². The molecule has 2 aromatic heterocycles. The molecule has 0 radical (unpaired) electrons. The Labute approximate surface area is 95.3 Å². The normalized spacial score (nSPS) is 12.6. The lowest BCUT2D eigenvalue weighted by Crippen LogP contribution is -2.13. The van der Waals surface area contributed by atoms with Gasteiger partial charge in [-0.05, 0) is 30.2 Å². The van der Waals surface area contributed by atoms with Crippen LogP contribution in [0.25, 0.3) is 0 Å². The number of hydrogen-bond donors (Lipinski definition) is 1. The molecule has 84 valence electrons. The van der Waals surface area contributed by atoms with E-state index < -0.39 is 0 Å². The largest absolute Gasteiger partial charge is 0.468 e. The third kappa shape index (κ3) is 2.49. The summed E-state index contributed by atoms with van der Waals surface area (Å²) in [5.74, 6) is 0.807. The molecule has 0 saturated carbocycles. The summed E-state index contributed by atoms with van der Waals surface area (Å²) in [7, 11) is 0. The molecule has 0 aromatic carbocycles. The van der Waals surface area contributed by atoms with Crippen molar-refractivity contribution in [1.82, 2.24) is 4.98 Å². The van der Waals surface area contributed by atoms with Gasteiger partial charge in [0.2, 0.25) is 0 Å². The summed E-state index contributed by atoms with van der Waals surface area (Å²) < 4.78 is 5.26. The zero-order valence-corrected chi connectivity index (χ0v) is 9.39.